The van der Waals surface area contributed by atoms with Crippen LogP contribution in [0.5, 0.6) is 5.75 Å². The van der Waals surface area contributed by atoms with E-state index in [-0.39, 0.29) is 15.7 Å². The summed E-state index contributed by atoms with van der Waals surface area (Å²) in [6, 6.07) is 7.73. The van der Waals surface area contributed by atoms with Gasteiger partial charge in [-0.05, 0) is 24.3 Å². The molecule has 2 heterocycles. The summed E-state index contributed by atoms with van der Waals surface area (Å²) >= 11 is 0.779. The number of nitrogens with zero attached hydrogens (tertiary/aromatic N) is 4. The molecule has 178 valence electrons. The minimum absolute atomic E-state index is 0.147. The molecule has 0 aliphatic carbocycles. The number of halogens is 3. The van der Waals surface area contributed by atoms with Gasteiger partial charge in [0.15, 0.2) is 5.13 Å². The van der Waals surface area contributed by atoms with E-state index in [9.17, 15) is 32.9 Å². The maximum Gasteiger partial charge on any atom is 0.416 e. The summed E-state index contributed by atoms with van der Waals surface area (Å²) < 4.78 is 44.4. The third-order valence-corrected chi connectivity index (χ3v) is 6.53. The predicted octanol–water partition coefficient (Wildman–Crippen LogP) is 3.55. The Hall–Kier alpha value is -3.74. The molecule has 1 aliphatic heterocycles. The second-order valence-corrected chi connectivity index (χ2v) is 8.42. The number of nitro groups is 1. The molecule has 0 N–H and O–H groups in total. The number of non-ortho nitro benzene ring substituents is 1. The summed E-state index contributed by atoms with van der Waals surface area (Å²) in [5, 5.41) is 11.1. The normalized spacial score (nSPS) is 14.4. The van der Waals surface area contributed by atoms with Gasteiger partial charge in [-0.25, -0.2) is 0 Å². The summed E-state index contributed by atoms with van der Waals surface area (Å²) in [6.07, 6.45) is -4.85. The zero-order chi connectivity index (χ0) is 24.6. The molecule has 3 aromatic rings. The van der Waals surface area contributed by atoms with Crippen LogP contribution in [0.25, 0.3) is 10.1 Å². The van der Waals surface area contributed by atoms with E-state index in [0.717, 1.165) is 11.3 Å². The van der Waals surface area contributed by atoms with Crippen LogP contribution in [0.2, 0.25) is 0 Å². The van der Waals surface area contributed by atoms with Gasteiger partial charge in [-0.15, -0.1) is 0 Å². The molecule has 0 atom stereocenters. The fourth-order valence-electron chi connectivity index (χ4n) is 3.61. The number of anilines is 1. The Bertz CT molecular complexity index is 1340. The van der Waals surface area contributed by atoms with Crippen molar-refractivity contribution in [2.24, 2.45) is 0 Å². The van der Waals surface area contributed by atoms with Gasteiger partial charge >= 0.3 is 6.18 Å². The third kappa shape index (κ3) is 4.51. The Morgan fingerprint density at radius 1 is 1.18 bits per heavy atom. The lowest BCUT2D eigenvalue weighted by Crippen LogP contribution is -2.49. The van der Waals surface area contributed by atoms with Gasteiger partial charge < -0.3 is 14.5 Å². The molecule has 1 amide bonds. The summed E-state index contributed by atoms with van der Waals surface area (Å²) in [5.74, 6) is 0.346. The molecule has 1 aliphatic rings. The molecule has 1 aromatic heterocycles. The maximum absolute atomic E-state index is 13.1. The van der Waals surface area contributed by atoms with Crippen LogP contribution in [0, 0.1) is 10.1 Å². The lowest BCUT2D eigenvalue weighted by molar-refractivity contribution is -0.383. The highest BCUT2D eigenvalue weighted by molar-refractivity contribution is 7.22. The van der Waals surface area contributed by atoms with Gasteiger partial charge in [0.25, 0.3) is 17.2 Å². The van der Waals surface area contributed by atoms with E-state index in [1.54, 1.807) is 34.1 Å². The molecule has 0 spiro atoms. The van der Waals surface area contributed by atoms with Crippen LogP contribution in [-0.4, -0.2) is 54.0 Å². The fraction of sp³-hybridized carbons (Fsp3) is 0.286. The topological polar surface area (TPSA) is 106 Å². The number of fused-ring (bicyclic) bond motifs is 1. The van der Waals surface area contributed by atoms with E-state index in [1.165, 1.54) is 7.11 Å². The highest BCUT2D eigenvalue weighted by Gasteiger charge is 2.34. The Balaban J connectivity index is 1.60. The molecule has 2 aromatic carbocycles. The largest absolute Gasteiger partial charge is 0.497 e. The third-order valence-electron chi connectivity index (χ3n) is 5.37. The lowest BCUT2D eigenvalue weighted by atomic mass is 10.1. The molecule has 9 nitrogen and oxygen atoms in total. The smallest absolute Gasteiger partial charge is 0.416 e. The van der Waals surface area contributed by atoms with E-state index < -0.39 is 33.3 Å². The van der Waals surface area contributed by atoms with Gasteiger partial charge in [0.05, 0.1) is 23.0 Å². The van der Waals surface area contributed by atoms with Crippen molar-refractivity contribution in [1.82, 2.24) is 9.88 Å². The second kappa shape index (κ2) is 8.89. The number of aromatic nitrogens is 1. The van der Waals surface area contributed by atoms with Crippen molar-refractivity contribution >= 4 is 38.1 Å². The van der Waals surface area contributed by atoms with Crippen molar-refractivity contribution in [2.45, 2.75) is 6.18 Å². The molecule has 1 fully saturated rings. The highest BCUT2D eigenvalue weighted by Crippen LogP contribution is 2.38. The molecular formula is C21H17F3N4O5S. The predicted molar refractivity (Wildman–Crippen MR) is 119 cm³/mol. The SMILES string of the molecule is COc1cccc(C(=O)N2CCN(c3nc(=O)c4cc(C(F)(F)F)cc([N+](=O)[O-])c4s3)CC2)c1. The summed E-state index contributed by atoms with van der Waals surface area (Å²) in [4.78, 5) is 43.0. The highest BCUT2D eigenvalue weighted by atomic mass is 32.1. The number of carbonyl (C=O) groups excluding carboxylic acids is 1. The first-order chi connectivity index (χ1) is 16.1. The van der Waals surface area contributed by atoms with Crippen molar-refractivity contribution in [3.8, 4) is 5.75 Å². The minimum Gasteiger partial charge on any atom is -0.497 e. The molecule has 0 saturated carbocycles. The monoisotopic (exact) mass is 494 g/mol. The van der Waals surface area contributed by atoms with Crippen molar-refractivity contribution < 1.29 is 27.6 Å². The Morgan fingerprint density at radius 3 is 2.50 bits per heavy atom. The van der Waals surface area contributed by atoms with Crippen molar-refractivity contribution in [2.75, 3.05) is 38.2 Å². The number of methoxy groups -OCH3 is 1. The molecular weight excluding hydrogens is 477 g/mol. The summed E-state index contributed by atoms with van der Waals surface area (Å²) in [5.41, 5.74) is -2.61. The Kier molecular flexibility index (Phi) is 6.13. The molecule has 13 heteroatoms. The molecule has 1 saturated heterocycles. The number of nitro benzene ring substituents is 1. The molecule has 0 bridgehead atoms. The standard InChI is InChI=1S/C21H17F3N4O5S/c1-33-14-4-2-3-12(9-14)19(30)26-5-7-27(8-6-26)20-25-18(29)15-10-13(21(22,23)24)11-16(28(31)32)17(15)34-20/h2-4,9-11H,5-8H2,1H3. The van der Waals surface area contributed by atoms with E-state index in [4.69, 9.17) is 4.74 Å². The molecule has 0 unspecified atom stereocenters. The zero-order valence-electron chi connectivity index (χ0n) is 17.7. The summed E-state index contributed by atoms with van der Waals surface area (Å²) in [7, 11) is 1.50. The average Bonchev–Trinajstić information content (AvgIpc) is 2.82. The van der Waals surface area contributed by atoms with Crippen LogP contribution in [-0.2, 0) is 6.18 Å². The number of piperazine rings is 1. The first kappa shape index (κ1) is 23.4. The Morgan fingerprint density at radius 2 is 1.88 bits per heavy atom. The molecule has 4 rings (SSSR count). The van der Waals surface area contributed by atoms with Gasteiger partial charge in [-0.2, -0.15) is 18.2 Å². The van der Waals surface area contributed by atoms with Gasteiger partial charge in [-0.3, -0.25) is 19.7 Å². The van der Waals surface area contributed by atoms with Gasteiger partial charge in [-0.1, -0.05) is 17.4 Å². The van der Waals surface area contributed by atoms with Gasteiger partial charge in [0.1, 0.15) is 10.4 Å². The van der Waals surface area contributed by atoms with Gasteiger partial charge in [0.2, 0.25) is 0 Å². The van der Waals surface area contributed by atoms with Crippen LogP contribution in [0.3, 0.4) is 0 Å². The first-order valence-corrected chi connectivity index (χ1v) is 10.8. The number of amides is 1. The van der Waals surface area contributed by atoms with E-state index in [2.05, 4.69) is 4.98 Å². The lowest BCUT2D eigenvalue weighted by Gasteiger charge is -2.35. The van der Waals surface area contributed by atoms with Crippen LogP contribution < -0.4 is 15.2 Å². The molecule has 0 radical (unpaired) electrons. The second-order valence-electron chi connectivity index (χ2n) is 7.44. The number of rotatable bonds is 4. The minimum atomic E-state index is -4.85. The van der Waals surface area contributed by atoms with Gasteiger partial charge in [0, 0.05) is 37.8 Å². The number of carbonyl (C=O) groups is 1. The van der Waals surface area contributed by atoms with Crippen LogP contribution in [0.15, 0.2) is 41.2 Å². The van der Waals surface area contributed by atoms with Crippen LogP contribution >= 0.6 is 11.3 Å². The number of hydrogen-bond donors (Lipinski definition) is 0. The number of hydrogen-bond acceptors (Lipinski definition) is 8. The Labute approximate surface area is 194 Å². The number of alkyl halides is 3. The summed E-state index contributed by atoms with van der Waals surface area (Å²) in [6.45, 7) is 1.18. The van der Waals surface area contributed by atoms with Crippen molar-refractivity contribution in [3.63, 3.8) is 0 Å². The van der Waals surface area contributed by atoms with E-state index in [1.807, 2.05) is 0 Å². The van der Waals surface area contributed by atoms with E-state index >= 15 is 0 Å². The van der Waals surface area contributed by atoms with Crippen molar-refractivity contribution in [3.05, 3.63) is 68.0 Å². The van der Waals surface area contributed by atoms with Crippen LogP contribution in [0.1, 0.15) is 15.9 Å². The van der Waals surface area contributed by atoms with Crippen LogP contribution in [0.4, 0.5) is 24.0 Å². The number of ether oxygens (including phenoxy) is 1. The average molecular weight is 494 g/mol. The fourth-order valence-corrected chi connectivity index (χ4v) is 4.73. The van der Waals surface area contributed by atoms with Crippen molar-refractivity contribution in [1.29, 1.82) is 0 Å². The quantitative estimate of drug-likeness (QED) is 0.403. The molecule has 34 heavy (non-hydrogen) atoms. The van der Waals surface area contributed by atoms with E-state index in [0.29, 0.717) is 49.6 Å². The number of benzene rings is 2. The zero-order valence-corrected chi connectivity index (χ0v) is 18.5. The first-order valence-electron chi connectivity index (χ1n) is 9.97. The maximum atomic E-state index is 13.1.